The molecule has 1 heterocycles. The molecule has 0 aliphatic carbocycles. The molecule has 1 saturated heterocycles. The maximum atomic E-state index is 11.9. The third-order valence-corrected chi connectivity index (χ3v) is 3.68. The predicted molar refractivity (Wildman–Crippen MR) is 74.5 cm³/mol. The highest BCUT2D eigenvalue weighted by atomic mass is 16.2. The molecule has 0 radical (unpaired) electrons. The van der Waals surface area contributed by atoms with Gasteiger partial charge in [0, 0.05) is 52.7 Å². The van der Waals surface area contributed by atoms with Crippen molar-refractivity contribution < 1.29 is 4.79 Å². The topological polar surface area (TPSA) is 52.8 Å². The van der Waals surface area contributed by atoms with Gasteiger partial charge in [-0.15, -0.1) is 0 Å². The molecule has 18 heavy (non-hydrogen) atoms. The maximum Gasteiger partial charge on any atom is 0.223 e. The van der Waals surface area contributed by atoms with E-state index in [4.69, 9.17) is 5.73 Å². The van der Waals surface area contributed by atoms with Crippen LogP contribution in [0.5, 0.6) is 0 Å². The number of carbonyl (C=O) groups is 1. The predicted octanol–water partition coefficient (Wildman–Crippen LogP) is -0.179. The van der Waals surface area contributed by atoms with Gasteiger partial charge in [-0.25, -0.2) is 0 Å². The average molecular weight is 256 g/mol. The fourth-order valence-electron chi connectivity index (χ4n) is 2.23. The fourth-order valence-corrected chi connectivity index (χ4v) is 2.23. The Labute approximate surface area is 111 Å². The molecule has 106 valence electrons. The third-order valence-electron chi connectivity index (χ3n) is 3.68. The zero-order valence-electron chi connectivity index (χ0n) is 11.9. The standard InChI is InChI=1S/C13H28N4O/c1-3-16-9-11-17(12-10-16)8-5-13(18)15(2)7-4-6-14/h3-12,14H2,1-2H3. The van der Waals surface area contributed by atoms with E-state index in [0.717, 1.165) is 52.2 Å². The number of piperazine rings is 1. The largest absolute Gasteiger partial charge is 0.346 e. The van der Waals surface area contributed by atoms with Gasteiger partial charge >= 0.3 is 0 Å². The Morgan fingerprint density at radius 2 is 1.83 bits per heavy atom. The Morgan fingerprint density at radius 1 is 1.22 bits per heavy atom. The molecular formula is C13H28N4O. The quantitative estimate of drug-likeness (QED) is 0.687. The van der Waals surface area contributed by atoms with Crippen LogP contribution in [0.15, 0.2) is 0 Å². The first-order valence-electron chi connectivity index (χ1n) is 7.06. The minimum Gasteiger partial charge on any atom is -0.346 e. The van der Waals surface area contributed by atoms with E-state index in [1.54, 1.807) is 4.90 Å². The lowest BCUT2D eigenvalue weighted by molar-refractivity contribution is -0.130. The van der Waals surface area contributed by atoms with Crippen molar-refractivity contribution in [1.29, 1.82) is 0 Å². The summed E-state index contributed by atoms with van der Waals surface area (Å²) >= 11 is 0. The molecule has 0 bridgehead atoms. The average Bonchev–Trinajstić information content (AvgIpc) is 2.42. The highest BCUT2D eigenvalue weighted by molar-refractivity contribution is 5.76. The fraction of sp³-hybridized carbons (Fsp3) is 0.923. The van der Waals surface area contributed by atoms with Gasteiger partial charge in [-0.3, -0.25) is 4.79 Å². The van der Waals surface area contributed by atoms with Crippen LogP contribution < -0.4 is 5.73 Å². The van der Waals surface area contributed by atoms with Crippen molar-refractivity contribution in [3.63, 3.8) is 0 Å². The van der Waals surface area contributed by atoms with E-state index in [9.17, 15) is 4.79 Å². The molecule has 0 unspecified atom stereocenters. The molecule has 1 aliphatic heterocycles. The molecule has 1 fully saturated rings. The van der Waals surface area contributed by atoms with Crippen molar-refractivity contribution in [2.75, 3.05) is 59.4 Å². The second kappa shape index (κ2) is 8.45. The second-order valence-electron chi connectivity index (χ2n) is 4.98. The van der Waals surface area contributed by atoms with Crippen LogP contribution >= 0.6 is 0 Å². The molecule has 1 aliphatic rings. The van der Waals surface area contributed by atoms with Gasteiger partial charge in [-0.2, -0.15) is 0 Å². The summed E-state index contributed by atoms with van der Waals surface area (Å²) in [5, 5.41) is 0. The Balaban J connectivity index is 2.15. The van der Waals surface area contributed by atoms with Crippen LogP contribution in [0.1, 0.15) is 19.8 Å². The number of carbonyl (C=O) groups excluding carboxylic acids is 1. The van der Waals surface area contributed by atoms with Gasteiger partial charge in [-0.1, -0.05) is 6.92 Å². The minimum atomic E-state index is 0.237. The Kier molecular flexibility index (Phi) is 7.23. The van der Waals surface area contributed by atoms with E-state index in [1.165, 1.54) is 0 Å². The third kappa shape index (κ3) is 5.33. The molecule has 1 amide bonds. The number of hydrogen-bond donors (Lipinski definition) is 1. The van der Waals surface area contributed by atoms with E-state index < -0.39 is 0 Å². The van der Waals surface area contributed by atoms with E-state index in [2.05, 4.69) is 16.7 Å². The number of likely N-dealkylation sites (N-methyl/N-ethyl adjacent to an activating group) is 1. The zero-order chi connectivity index (χ0) is 13.4. The number of hydrogen-bond acceptors (Lipinski definition) is 4. The molecule has 0 atom stereocenters. The summed E-state index contributed by atoms with van der Waals surface area (Å²) in [6.45, 7) is 10.1. The van der Waals surface area contributed by atoms with E-state index >= 15 is 0 Å². The summed E-state index contributed by atoms with van der Waals surface area (Å²) in [6, 6.07) is 0. The van der Waals surface area contributed by atoms with Gasteiger partial charge in [0.05, 0.1) is 0 Å². The highest BCUT2D eigenvalue weighted by Crippen LogP contribution is 2.03. The summed E-state index contributed by atoms with van der Waals surface area (Å²) < 4.78 is 0. The molecule has 0 aromatic heterocycles. The Bertz CT molecular complexity index is 239. The summed E-state index contributed by atoms with van der Waals surface area (Å²) in [6.07, 6.45) is 1.52. The van der Waals surface area contributed by atoms with Crippen molar-refractivity contribution in [2.45, 2.75) is 19.8 Å². The van der Waals surface area contributed by atoms with Crippen molar-refractivity contribution in [2.24, 2.45) is 5.73 Å². The maximum absolute atomic E-state index is 11.9. The lowest BCUT2D eigenvalue weighted by Gasteiger charge is -2.34. The van der Waals surface area contributed by atoms with Crippen molar-refractivity contribution in [3.05, 3.63) is 0 Å². The van der Waals surface area contributed by atoms with Crippen molar-refractivity contribution in [3.8, 4) is 0 Å². The molecule has 0 aromatic rings. The number of rotatable bonds is 7. The molecule has 5 heteroatoms. The smallest absolute Gasteiger partial charge is 0.223 e. The molecular weight excluding hydrogens is 228 g/mol. The summed E-state index contributed by atoms with van der Waals surface area (Å²) in [5.41, 5.74) is 5.44. The van der Waals surface area contributed by atoms with Gasteiger partial charge in [0.25, 0.3) is 0 Å². The van der Waals surface area contributed by atoms with Gasteiger partial charge < -0.3 is 20.4 Å². The van der Waals surface area contributed by atoms with Gasteiger partial charge in [0.1, 0.15) is 0 Å². The van der Waals surface area contributed by atoms with Crippen LogP contribution in [0, 0.1) is 0 Å². The summed E-state index contributed by atoms with van der Waals surface area (Å²) in [4.78, 5) is 18.5. The number of nitrogens with zero attached hydrogens (tertiary/aromatic N) is 3. The Morgan fingerprint density at radius 3 is 2.39 bits per heavy atom. The highest BCUT2D eigenvalue weighted by Gasteiger charge is 2.16. The first-order valence-corrected chi connectivity index (χ1v) is 7.06. The van der Waals surface area contributed by atoms with Gasteiger partial charge in [0.15, 0.2) is 0 Å². The first-order chi connectivity index (χ1) is 8.67. The van der Waals surface area contributed by atoms with E-state index in [-0.39, 0.29) is 5.91 Å². The van der Waals surface area contributed by atoms with E-state index in [1.807, 2.05) is 7.05 Å². The lowest BCUT2D eigenvalue weighted by atomic mass is 10.2. The number of amides is 1. The zero-order valence-corrected chi connectivity index (χ0v) is 11.9. The van der Waals surface area contributed by atoms with Crippen LogP contribution in [-0.2, 0) is 4.79 Å². The van der Waals surface area contributed by atoms with Crippen molar-refractivity contribution >= 4 is 5.91 Å². The molecule has 0 aromatic carbocycles. The molecule has 5 nitrogen and oxygen atoms in total. The van der Waals surface area contributed by atoms with E-state index in [0.29, 0.717) is 13.0 Å². The second-order valence-corrected chi connectivity index (χ2v) is 4.98. The molecule has 0 saturated carbocycles. The monoisotopic (exact) mass is 256 g/mol. The lowest BCUT2D eigenvalue weighted by Crippen LogP contribution is -2.47. The van der Waals surface area contributed by atoms with Gasteiger partial charge in [0.2, 0.25) is 5.91 Å². The van der Waals surface area contributed by atoms with Crippen LogP contribution in [0.2, 0.25) is 0 Å². The normalized spacial score (nSPS) is 17.9. The number of nitrogens with two attached hydrogens (primary N) is 1. The molecule has 0 spiro atoms. The molecule has 2 N–H and O–H groups in total. The summed E-state index contributed by atoms with van der Waals surface area (Å²) in [7, 11) is 1.87. The van der Waals surface area contributed by atoms with Crippen LogP contribution in [-0.4, -0.2) is 80.0 Å². The SMILES string of the molecule is CCN1CCN(CCC(=O)N(C)CCCN)CC1. The summed E-state index contributed by atoms with van der Waals surface area (Å²) in [5.74, 6) is 0.237. The molecule has 1 rings (SSSR count). The van der Waals surface area contributed by atoms with Gasteiger partial charge in [-0.05, 0) is 19.5 Å². The van der Waals surface area contributed by atoms with Crippen LogP contribution in [0.4, 0.5) is 0 Å². The minimum absolute atomic E-state index is 0.237. The van der Waals surface area contributed by atoms with Crippen LogP contribution in [0.3, 0.4) is 0 Å². The first kappa shape index (κ1) is 15.4. The van der Waals surface area contributed by atoms with Crippen molar-refractivity contribution in [1.82, 2.24) is 14.7 Å². The Hall–Kier alpha value is -0.650. The van der Waals surface area contributed by atoms with Crippen LogP contribution in [0.25, 0.3) is 0 Å².